The van der Waals surface area contributed by atoms with Crippen molar-refractivity contribution in [3.05, 3.63) is 24.3 Å². The van der Waals surface area contributed by atoms with Gasteiger partial charge in [0.1, 0.15) is 0 Å². The Labute approximate surface area is 195 Å². The van der Waals surface area contributed by atoms with Crippen LogP contribution in [0.2, 0.25) is 0 Å². The molecule has 1 aromatic carbocycles. The molecule has 2 saturated carbocycles. The maximum Gasteiger partial charge on any atom is 0.227 e. The van der Waals surface area contributed by atoms with Crippen molar-refractivity contribution >= 4 is 23.2 Å². The Hall–Kier alpha value is -1.84. The highest BCUT2D eigenvalue weighted by Crippen LogP contribution is 2.49. The smallest absolute Gasteiger partial charge is 0.227 e. The average molecular weight is 441 g/mol. The van der Waals surface area contributed by atoms with E-state index in [2.05, 4.69) is 66.0 Å². The van der Waals surface area contributed by atoms with Crippen LogP contribution in [0.25, 0.3) is 0 Å². The van der Waals surface area contributed by atoms with E-state index in [0.29, 0.717) is 0 Å². The Morgan fingerprint density at radius 3 is 1.28 bits per heavy atom. The molecule has 0 saturated heterocycles. The zero-order chi connectivity index (χ0) is 23.9. The molecule has 0 aliphatic heterocycles. The fourth-order valence-corrected chi connectivity index (χ4v) is 7.23. The molecule has 2 aliphatic carbocycles. The Bertz CT molecular complexity index is 767. The van der Waals surface area contributed by atoms with E-state index in [0.717, 1.165) is 49.9 Å². The van der Waals surface area contributed by atoms with Gasteiger partial charge in [0.25, 0.3) is 0 Å². The SMILES string of the molecule is CC1(C)CC(C(=O)Nc2cccc(NC(=O)C3CC(C)(C)CC(C)(C)C3)c2)CC(C)(C)C1. The second kappa shape index (κ2) is 8.50. The van der Waals surface area contributed by atoms with Crippen molar-refractivity contribution in [2.75, 3.05) is 10.6 Å². The summed E-state index contributed by atoms with van der Waals surface area (Å²) in [5.41, 5.74) is 2.17. The fraction of sp³-hybridized carbons (Fsp3) is 0.714. The van der Waals surface area contributed by atoms with Gasteiger partial charge >= 0.3 is 0 Å². The molecule has 0 atom stereocenters. The second-order valence-electron chi connectivity index (χ2n) is 13.8. The second-order valence-corrected chi connectivity index (χ2v) is 13.8. The van der Waals surface area contributed by atoms with Crippen molar-refractivity contribution in [3.8, 4) is 0 Å². The van der Waals surface area contributed by atoms with Gasteiger partial charge in [-0.3, -0.25) is 9.59 Å². The maximum atomic E-state index is 13.1. The highest BCUT2D eigenvalue weighted by Gasteiger charge is 2.42. The number of carbonyl (C=O) groups excluding carboxylic acids is 2. The molecule has 0 spiro atoms. The molecule has 2 amide bonds. The van der Waals surface area contributed by atoms with E-state index in [4.69, 9.17) is 0 Å². The first-order chi connectivity index (χ1) is 14.5. The van der Waals surface area contributed by atoms with Crippen LogP contribution in [-0.4, -0.2) is 11.8 Å². The summed E-state index contributed by atoms with van der Waals surface area (Å²) in [5.74, 6) is 0.201. The third-order valence-corrected chi connectivity index (χ3v) is 7.25. The molecule has 1 aromatic rings. The molecule has 4 nitrogen and oxygen atoms in total. The number of benzene rings is 1. The van der Waals surface area contributed by atoms with E-state index in [-0.39, 0.29) is 45.3 Å². The minimum atomic E-state index is 0.0127. The van der Waals surface area contributed by atoms with Crippen LogP contribution < -0.4 is 10.6 Å². The van der Waals surface area contributed by atoms with Crippen LogP contribution in [0.5, 0.6) is 0 Å². The van der Waals surface area contributed by atoms with Crippen molar-refractivity contribution in [2.45, 2.75) is 93.9 Å². The van der Waals surface area contributed by atoms with Crippen LogP contribution in [0.3, 0.4) is 0 Å². The van der Waals surface area contributed by atoms with Crippen molar-refractivity contribution in [1.82, 2.24) is 0 Å². The predicted molar refractivity (Wildman–Crippen MR) is 134 cm³/mol. The van der Waals surface area contributed by atoms with Crippen LogP contribution in [-0.2, 0) is 9.59 Å². The molecule has 2 fully saturated rings. The molecule has 0 bridgehead atoms. The van der Waals surface area contributed by atoms with Crippen molar-refractivity contribution in [3.63, 3.8) is 0 Å². The lowest BCUT2D eigenvalue weighted by molar-refractivity contribution is -0.124. The molecule has 0 unspecified atom stereocenters. The van der Waals surface area contributed by atoms with E-state index in [1.54, 1.807) is 0 Å². The summed E-state index contributed by atoms with van der Waals surface area (Å²) in [6, 6.07) is 7.59. The van der Waals surface area contributed by atoms with Gasteiger partial charge in [0.2, 0.25) is 11.8 Å². The first-order valence-electron chi connectivity index (χ1n) is 12.3. The summed E-state index contributed by atoms with van der Waals surface area (Å²) in [4.78, 5) is 26.1. The minimum Gasteiger partial charge on any atom is -0.326 e. The lowest BCUT2D eigenvalue weighted by atomic mass is 9.61. The number of rotatable bonds is 4. The first-order valence-corrected chi connectivity index (χ1v) is 12.3. The van der Waals surface area contributed by atoms with E-state index >= 15 is 0 Å². The Balaban J connectivity index is 1.65. The predicted octanol–water partition coefficient (Wildman–Crippen LogP) is 7.27. The van der Waals surface area contributed by atoms with Crippen molar-refractivity contribution < 1.29 is 9.59 Å². The van der Waals surface area contributed by atoms with Crippen LogP contribution in [0.4, 0.5) is 11.4 Å². The Morgan fingerprint density at radius 2 is 0.969 bits per heavy atom. The van der Waals surface area contributed by atoms with Gasteiger partial charge in [0.05, 0.1) is 0 Å². The zero-order valence-electron chi connectivity index (χ0n) is 21.5. The standard InChI is InChI=1S/C28H44N2O2/c1-25(2)13-19(14-26(3,4)17-25)23(31)29-21-10-9-11-22(12-21)30-24(32)20-15-27(5,6)18-28(7,8)16-20/h9-12,19-20H,13-18H2,1-8H3,(H,29,31)(H,30,32). The van der Waals surface area contributed by atoms with Crippen LogP contribution in [0, 0.1) is 33.5 Å². The summed E-state index contributed by atoms with van der Waals surface area (Å²) in [5, 5.41) is 6.23. The quantitative estimate of drug-likeness (QED) is 0.517. The lowest BCUT2D eigenvalue weighted by Crippen LogP contribution is -2.39. The molecule has 2 aliphatic rings. The topological polar surface area (TPSA) is 58.2 Å². The van der Waals surface area contributed by atoms with Crippen LogP contribution in [0.15, 0.2) is 24.3 Å². The summed E-state index contributed by atoms with van der Waals surface area (Å²) >= 11 is 0. The molecular weight excluding hydrogens is 396 g/mol. The number of nitrogens with one attached hydrogen (secondary N) is 2. The van der Waals surface area contributed by atoms with E-state index in [1.807, 2.05) is 24.3 Å². The third-order valence-electron chi connectivity index (χ3n) is 7.25. The Morgan fingerprint density at radius 1 is 0.656 bits per heavy atom. The van der Waals surface area contributed by atoms with Gasteiger partial charge in [-0.1, -0.05) is 61.5 Å². The van der Waals surface area contributed by atoms with E-state index in [1.165, 1.54) is 0 Å². The average Bonchev–Trinajstić information content (AvgIpc) is 2.56. The van der Waals surface area contributed by atoms with Gasteiger partial charge in [-0.25, -0.2) is 0 Å². The maximum absolute atomic E-state index is 13.1. The van der Waals surface area contributed by atoms with Gasteiger partial charge in [0.15, 0.2) is 0 Å². The van der Waals surface area contributed by atoms with Gasteiger partial charge < -0.3 is 10.6 Å². The number of amides is 2. The van der Waals surface area contributed by atoms with Crippen LogP contribution >= 0.6 is 0 Å². The third kappa shape index (κ3) is 6.59. The minimum absolute atomic E-state index is 0.0127. The highest BCUT2D eigenvalue weighted by molar-refractivity contribution is 5.95. The molecule has 0 heterocycles. The summed E-state index contributed by atoms with van der Waals surface area (Å²) < 4.78 is 0. The molecule has 2 N–H and O–H groups in total. The number of hydrogen-bond acceptors (Lipinski definition) is 2. The fourth-order valence-electron chi connectivity index (χ4n) is 7.23. The molecule has 0 aromatic heterocycles. The molecule has 0 radical (unpaired) electrons. The van der Waals surface area contributed by atoms with Gasteiger partial charge in [-0.15, -0.1) is 0 Å². The van der Waals surface area contributed by atoms with Crippen LogP contribution in [0.1, 0.15) is 93.9 Å². The monoisotopic (exact) mass is 440 g/mol. The molecule has 32 heavy (non-hydrogen) atoms. The molecular formula is C28H44N2O2. The zero-order valence-corrected chi connectivity index (χ0v) is 21.5. The van der Waals surface area contributed by atoms with E-state index < -0.39 is 0 Å². The van der Waals surface area contributed by atoms with Crippen molar-refractivity contribution in [2.24, 2.45) is 33.5 Å². The number of anilines is 2. The molecule has 4 heteroatoms. The van der Waals surface area contributed by atoms with Gasteiger partial charge in [0, 0.05) is 23.2 Å². The van der Waals surface area contributed by atoms with Gasteiger partial charge in [-0.05, 0) is 78.4 Å². The summed E-state index contributed by atoms with van der Waals surface area (Å²) in [6.07, 6.45) is 5.91. The lowest BCUT2D eigenvalue weighted by Gasteiger charge is -2.44. The summed E-state index contributed by atoms with van der Waals surface area (Å²) in [6.45, 7) is 18.1. The van der Waals surface area contributed by atoms with E-state index in [9.17, 15) is 9.59 Å². The largest absolute Gasteiger partial charge is 0.326 e. The number of hydrogen-bond donors (Lipinski definition) is 2. The summed E-state index contributed by atoms with van der Waals surface area (Å²) in [7, 11) is 0. The van der Waals surface area contributed by atoms with Crippen molar-refractivity contribution in [1.29, 1.82) is 0 Å². The normalized spacial score (nSPS) is 24.5. The Kier molecular flexibility index (Phi) is 6.59. The molecule has 178 valence electrons. The highest BCUT2D eigenvalue weighted by atomic mass is 16.2. The first kappa shape index (κ1) is 24.8. The number of carbonyl (C=O) groups is 2. The van der Waals surface area contributed by atoms with Gasteiger partial charge in [-0.2, -0.15) is 0 Å². The molecule has 3 rings (SSSR count).